The fourth-order valence-corrected chi connectivity index (χ4v) is 2.30. The first-order valence-electron chi connectivity index (χ1n) is 5.12. The molecule has 0 aliphatic heterocycles. The van der Waals surface area contributed by atoms with E-state index in [4.69, 9.17) is 0 Å². The third kappa shape index (κ3) is 1.74. The molecule has 2 nitrogen and oxygen atoms in total. The molecule has 3 aromatic rings. The van der Waals surface area contributed by atoms with Gasteiger partial charge in [-0.15, -0.1) is 0 Å². The molecule has 0 atom stereocenters. The van der Waals surface area contributed by atoms with E-state index in [0.717, 1.165) is 21.1 Å². The van der Waals surface area contributed by atoms with Gasteiger partial charge in [0.2, 0.25) is 0 Å². The summed E-state index contributed by atoms with van der Waals surface area (Å²) < 4.78 is 15.8. The predicted molar refractivity (Wildman–Crippen MR) is 68.7 cm³/mol. The monoisotopic (exact) mass is 290 g/mol. The molecule has 0 radical (unpaired) electrons. The Bertz CT molecular complexity index is 673. The highest BCUT2D eigenvalue weighted by atomic mass is 79.9. The molecule has 0 spiro atoms. The Morgan fingerprint density at radius 2 is 1.82 bits per heavy atom. The van der Waals surface area contributed by atoms with Crippen LogP contribution in [-0.2, 0) is 0 Å². The molecule has 0 fully saturated rings. The third-order valence-corrected chi connectivity index (χ3v) is 3.30. The van der Waals surface area contributed by atoms with Crippen LogP contribution in [0, 0.1) is 5.82 Å². The smallest absolute Gasteiger partial charge is 0.123 e. The number of benzene rings is 1. The molecule has 0 amide bonds. The lowest BCUT2D eigenvalue weighted by molar-refractivity contribution is 0.627. The summed E-state index contributed by atoms with van der Waals surface area (Å²) in [4.78, 5) is 4.15. The first-order valence-corrected chi connectivity index (χ1v) is 5.91. The lowest BCUT2D eigenvalue weighted by Crippen LogP contribution is -1.92. The van der Waals surface area contributed by atoms with Crippen LogP contribution in [0.1, 0.15) is 0 Å². The standard InChI is InChI=1S/C13H8BrFN2/c14-12-7-16-8-13-11(12)5-6-17(13)10-3-1-9(15)2-4-10/h1-8H. The highest BCUT2D eigenvalue weighted by Crippen LogP contribution is 2.25. The molecule has 0 aliphatic carbocycles. The minimum atomic E-state index is -0.232. The van der Waals surface area contributed by atoms with Crippen LogP contribution in [0.5, 0.6) is 0 Å². The van der Waals surface area contributed by atoms with Crippen LogP contribution in [0.4, 0.5) is 4.39 Å². The highest BCUT2D eigenvalue weighted by Gasteiger charge is 2.05. The number of pyridine rings is 1. The summed E-state index contributed by atoms with van der Waals surface area (Å²) in [6, 6.07) is 8.40. The van der Waals surface area contributed by atoms with Gasteiger partial charge in [-0.3, -0.25) is 4.98 Å². The number of hydrogen-bond acceptors (Lipinski definition) is 1. The zero-order valence-electron chi connectivity index (χ0n) is 8.77. The quantitative estimate of drug-likeness (QED) is 0.664. The lowest BCUT2D eigenvalue weighted by Gasteiger charge is -2.05. The first-order chi connectivity index (χ1) is 8.25. The van der Waals surface area contributed by atoms with Gasteiger partial charge in [0.1, 0.15) is 5.82 Å². The summed E-state index contributed by atoms with van der Waals surface area (Å²) in [7, 11) is 0. The van der Waals surface area contributed by atoms with Crippen LogP contribution in [-0.4, -0.2) is 9.55 Å². The molecule has 1 aromatic carbocycles. The van der Waals surface area contributed by atoms with Gasteiger partial charge in [-0.2, -0.15) is 0 Å². The average Bonchev–Trinajstić information content (AvgIpc) is 2.75. The zero-order valence-corrected chi connectivity index (χ0v) is 10.4. The molecule has 0 saturated carbocycles. The molecule has 0 aliphatic rings. The molecule has 0 bridgehead atoms. The first kappa shape index (κ1) is 10.5. The van der Waals surface area contributed by atoms with Crippen molar-refractivity contribution in [3.63, 3.8) is 0 Å². The molecule has 3 rings (SSSR count). The normalized spacial score (nSPS) is 10.9. The van der Waals surface area contributed by atoms with Crippen molar-refractivity contribution in [3.8, 4) is 5.69 Å². The van der Waals surface area contributed by atoms with Crippen molar-refractivity contribution in [1.29, 1.82) is 0 Å². The summed E-state index contributed by atoms with van der Waals surface area (Å²) in [6.45, 7) is 0. The van der Waals surface area contributed by atoms with Gasteiger partial charge in [-0.25, -0.2) is 4.39 Å². The van der Waals surface area contributed by atoms with Gasteiger partial charge in [0.15, 0.2) is 0 Å². The summed E-state index contributed by atoms with van der Waals surface area (Å²) in [6.07, 6.45) is 5.51. The minimum Gasteiger partial charge on any atom is -0.315 e. The second-order valence-corrected chi connectivity index (χ2v) is 4.57. The van der Waals surface area contributed by atoms with Gasteiger partial charge in [-0.05, 0) is 46.3 Å². The fraction of sp³-hybridized carbons (Fsp3) is 0. The second-order valence-electron chi connectivity index (χ2n) is 3.72. The van der Waals surface area contributed by atoms with Gasteiger partial charge in [-0.1, -0.05) is 0 Å². The Morgan fingerprint density at radius 3 is 2.59 bits per heavy atom. The molecule has 4 heteroatoms. The number of halogens is 2. The van der Waals surface area contributed by atoms with Crippen LogP contribution in [0.2, 0.25) is 0 Å². The topological polar surface area (TPSA) is 17.8 Å². The maximum atomic E-state index is 12.9. The van der Waals surface area contributed by atoms with E-state index in [1.54, 1.807) is 24.5 Å². The molecule has 0 unspecified atom stereocenters. The van der Waals surface area contributed by atoms with Gasteiger partial charge in [0.25, 0.3) is 0 Å². The van der Waals surface area contributed by atoms with Crippen molar-refractivity contribution in [2.45, 2.75) is 0 Å². The van der Waals surface area contributed by atoms with E-state index in [2.05, 4.69) is 20.9 Å². The molecule has 0 N–H and O–H groups in total. The Morgan fingerprint density at radius 1 is 1.06 bits per heavy atom. The van der Waals surface area contributed by atoms with E-state index in [0.29, 0.717) is 0 Å². The van der Waals surface area contributed by atoms with Crippen LogP contribution < -0.4 is 0 Å². The number of hydrogen-bond donors (Lipinski definition) is 0. The largest absolute Gasteiger partial charge is 0.315 e. The second kappa shape index (κ2) is 3.96. The van der Waals surface area contributed by atoms with Crippen molar-refractivity contribution in [2.75, 3.05) is 0 Å². The van der Waals surface area contributed by atoms with Gasteiger partial charge >= 0.3 is 0 Å². The predicted octanol–water partition coefficient (Wildman–Crippen LogP) is 3.93. The van der Waals surface area contributed by atoms with E-state index in [9.17, 15) is 4.39 Å². The molecular formula is C13H8BrFN2. The molecule has 0 saturated heterocycles. The minimum absolute atomic E-state index is 0.232. The maximum Gasteiger partial charge on any atom is 0.123 e. The van der Waals surface area contributed by atoms with Crippen molar-refractivity contribution in [2.24, 2.45) is 0 Å². The van der Waals surface area contributed by atoms with Crippen molar-refractivity contribution >= 4 is 26.8 Å². The summed E-state index contributed by atoms with van der Waals surface area (Å²) >= 11 is 3.46. The van der Waals surface area contributed by atoms with Gasteiger partial charge in [0.05, 0.1) is 11.7 Å². The van der Waals surface area contributed by atoms with Gasteiger partial charge in [0, 0.05) is 27.9 Å². The highest BCUT2D eigenvalue weighted by molar-refractivity contribution is 9.10. The van der Waals surface area contributed by atoms with Crippen LogP contribution in [0.3, 0.4) is 0 Å². The van der Waals surface area contributed by atoms with Crippen LogP contribution in [0.15, 0.2) is 53.4 Å². The van der Waals surface area contributed by atoms with Crippen molar-refractivity contribution < 1.29 is 4.39 Å². The molecule has 84 valence electrons. The van der Waals surface area contributed by atoms with Crippen LogP contribution >= 0.6 is 15.9 Å². The Hall–Kier alpha value is -1.68. The maximum absolute atomic E-state index is 12.9. The van der Waals surface area contributed by atoms with E-state index in [1.807, 2.05) is 16.8 Å². The average molecular weight is 291 g/mol. The summed E-state index contributed by atoms with van der Waals surface area (Å²) in [5, 5.41) is 1.09. The van der Waals surface area contributed by atoms with Crippen molar-refractivity contribution in [1.82, 2.24) is 9.55 Å². The third-order valence-electron chi connectivity index (χ3n) is 2.67. The van der Waals surface area contributed by atoms with E-state index >= 15 is 0 Å². The SMILES string of the molecule is Fc1ccc(-n2ccc3c(Br)cncc32)cc1. The molecule has 17 heavy (non-hydrogen) atoms. The van der Waals surface area contributed by atoms with Gasteiger partial charge < -0.3 is 4.57 Å². The Kier molecular flexibility index (Phi) is 2.44. The van der Waals surface area contributed by atoms with Crippen molar-refractivity contribution in [3.05, 3.63) is 59.2 Å². The lowest BCUT2D eigenvalue weighted by atomic mass is 10.3. The van der Waals surface area contributed by atoms with E-state index in [1.165, 1.54) is 12.1 Å². The molecule has 2 heterocycles. The molecular weight excluding hydrogens is 283 g/mol. The van der Waals surface area contributed by atoms with Crippen LogP contribution in [0.25, 0.3) is 16.6 Å². The van der Waals surface area contributed by atoms with E-state index < -0.39 is 0 Å². The number of rotatable bonds is 1. The number of aromatic nitrogens is 2. The molecule has 2 aromatic heterocycles. The zero-order chi connectivity index (χ0) is 11.8. The fourth-order valence-electron chi connectivity index (χ4n) is 1.85. The Labute approximate surface area is 106 Å². The van der Waals surface area contributed by atoms with E-state index in [-0.39, 0.29) is 5.82 Å². The number of fused-ring (bicyclic) bond motifs is 1. The Balaban J connectivity index is 2.24. The summed E-state index contributed by atoms with van der Waals surface area (Å²) in [5.74, 6) is -0.232. The summed E-state index contributed by atoms with van der Waals surface area (Å²) in [5.41, 5.74) is 1.91. The number of nitrogens with zero attached hydrogens (tertiary/aromatic N) is 2.